The number of benzene rings is 2. The highest BCUT2D eigenvalue weighted by Gasteiger charge is 2.15. The largest absolute Gasteiger partial charge is 0.302 e. The van der Waals surface area contributed by atoms with Crippen molar-refractivity contribution in [2.24, 2.45) is 0 Å². The molecule has 0 atom stereocenters. The van der Waals surface area contributed by atoms with Gasteiger partial charge in [0.05, 0.1) is 15.5 Å². The Balaban J connectivity index is 1.88. The van der Waals surface area contributed by atoms with Crippen LogP contribution in [0.25, 0.3) is 10.4 Å². The molecular formula is C21H21BrN2O3S2. The molecule has 1 N–H and O–H groups in total. The monoisotopic (exact) mass is 492 g/mol. The van der Waals surface area contributed by atoms with E-state index in [4.69, 9.17) is 0 Å². The van der Waals surface area contributed by atoms with Gasteiger partial charge in [0.1, 0.15) is 0 Å². The summed E-state index contributed by atoms with van der Waals surface area (Å²) in [4.78, 5) is 17.3. The van der Waals surface area contributed by atoms with Crippen molar-refractivity contribution in [1.29, 1.82) is 0 Å². The van der Waals surface area contributed by atoms with Crippen molar-refractivity contribution >= 4 is 48.1 Å². The molecule has 5 nitrogen and oxygen atoms in total. The average molecular weight is 493 g/mol. The number of alkyl halides is 1. The van der Waals surface area contributed by atoms with Gasteiger partial charge in [0.25, 0.3) is 0 Å². The van der Waals surface area contributed by atoms with Crippen molar-refractivity contribution in [3.05, 3.63) is 65.4 Å². The van der Waals surface area contributed by atoms with Crippen LogP contribution in [0.1, 0.15) is 23.7 Å². The van der Waals surface area contributed by atoms with Crippen molar-refractivity contribution in [3.63, 3.8) is 0 Å². The van der Waals surface area contributed by atoms with E-state index in [1.165, 1.54) is 35.6 Å². The topological polar surface area (TPSA) is 76.1 Å². The van der Waals surface area contributed by atoms with E-state index in [0.29, 0.717) is 11.6 Å². The van der Waals surface area contributed by atoms with E-state index in [1.54, 1.807) is 24.3 Å². The third-order valence-electron chi connectivity index (χ3n) is 4.35. The van der Waals surface area contributed by atoms with Crippen molar-refractivity contribution < 1.29 is 13.2 Å². The number of thiazole rings is 1. The van der Waals surface area contributed by atoms with Crippen molar-refractivity contribution in [2.45, 2.75) is 30.0 Å². The van der Waals surface area contributed by atoms with Crippen LogP contribution in [0.2, 0.25) is 0 Å². The van der Waals surface area contributed by atoms with Crippen molar-refractivity contribution in [2.75, 3.05) is 11.6 Å². The molecule has 3 aromatic rings. The van der Waals surface area contributed by atoms with Crippen LogP contribution in [0, 0.1) is 0 Å². The quantitative estimate of drug-likeness (QED) is 0.478. The average Bonchev–Trinajstić information content (AvgIpc) is 3.08. The first kappa shape index (κ1) is 21.7. The molecule has 0 saturated carbocycles. The fraction of sp³-hybridized carbons (Fsp3) is 0.238. The zero-order valence-electron chi connectivity index (χ0n) is 16.1. The van der Waals surface area contributed by atoms with E-state index in [2.05, 4.69) is 50.5 Å². The smallest absolute Gasteiger partial charge is 0.223 e. The summed E-state index contributed by atoms with van der Waals surface area (Å²) in [5, 5.41) is 4.12. The lowest BCUT2D eigenvalue weighted by molar-refractivity contribution is -0.114. The second kappa shape index (κ2) is 9.19. The molecule has 0 fully saturated rings. The van der Waals surface area contributed by atoms with Gasteiger partial charge < -0.3 is 5.32 Å². The number of carbonyl (C=O) groups is 1. The van der Waals surface area contributed by atoms with Gasteiger partial charge in [-0.1, -0.05) is 63.7 Å². The van der Waals surface area contributed by atoms with Gasteiger partial charge in [-0.2, -0.15) is 0 Å². The molecule has 2 aromatic carbocycles. The molecular weight excluding hydrogens is 472 g/mol. The molecule has 152 valence electrons. The Kier molecular flexibility index (Phi) is 6.87. The van der Waals surface area contributed by atoms with Crippen LogP contribution in [0.15, 0.2) is 53.4 Å². The number of aromatic nitrogens is 1. The summed E-state index contributed by atoms with van der Waals surface area (Å²) in [6.07, 6.45) is 2.73. The van der Waals surface area contributed by atoms with Gasteiger partial charge in [-0.15, -0.1) is 0 Å². The van der Waals surface area contributed by atoms with Gasteiger partial charge in [0, 0.05) is 18.5 Å². The number of carbonyl (C=O) groups excluding carboxylic acids is 1. The highest BCUT2D eigenvalue weighted by molar-refractivity contribution is 9.08. The zero-order valence-corrected chi connectivity index (χ0v) is 19.3. The summed E-state index contributed by atoms with van der Waals surface area (Å²) in [6.45, 7) is 1.45. The van der Waals surface area contributed by atoms with Crippen LogP contribution in [0.5, 0.6) is 0 Å². The van der Waals surface area contributed by atoms with Gasteiger partial charge >= 0.3 is 0 Å². The lowest BCUT2D eigenvalue weighted by atomic mass is 10.0. The summed E-state index contributed by atoms with van der Waals surface area (Å²) in [5.41, 5.74) is 4.20. The van der Waals surface area contributed by atoms with E-state index in [-0.39, 0.29) is 10.8 Å². The van der Waals surface area contributed by atoms with Gasteiger partial charge in [0.15, 0.2) is 15.0 Å². The first-order valence-corrected chi connectivity index (χ1v) is 12.8. The molecule has 0 aliphatic heterocycles. The summed E-state index contributed by atoms with van der Waals surface area (Å²) >= 11 is 4.85. The van der Waals surface area contributed by atoms with Crippen LogP contribution in [0.3, 0.4) is 0 Å². The molecule has 1 aromatic heterocycles. The number of amides is 1. The molecule has 0 aliphatic carbocycles. The third-order valence-corrected chi connectivity index (χ3v) is 7.19. The maximum atomic E-state index is 11.7. The Morgan fingerprint density at radius 1 is 1.03 bits per heavy atom. The molecule has 3 rings (SSSR count). The molecule has 8 heteroatoms. The molecule has 0 radical (unpaired) electrons. The van der Waals surface area contributed by atoms with Crippen molar-refractivity contribution in [1.82, 2.24) is 4.98 Å². The van der Waals surface area contributed by atoms with Gasteiger partial charge in [0.2, 0.25) is 5.91 Å². The van der Waals surface area contributed by atoms with Gasteiger partial charge in [-0.25, -0.2) is 13.4 Å². The second-order valence-electron chi connectivity index (χ2n) is 6.72. The van der Waals surface area contributed by atoms with E-state index in [0.717, 1.165) is 27.9 Å². The zero-order chi connectivity index (χ0) is 21.0. The van der Waals surface area contributed by atoms with E-state index < -0.39 is 9.84 Å². The number of rotatable bonds is 7. The number of hydrogen-bond donors (Lipinski definition) is 1. The van der Waals surface area contributed by atoms with Crippen LogP contribution in [0.4, 0.5) is 5.13 Å². The van der Waals surface area contributed by atoms with Gasteiger partial charge in [-0.3, -0.25) is 4.79 Å². The van der Waals surface area contributed by atoms with E-state index in [1.807, 2.05) is 0 Å². The fourth-order valence-corrected chi connectivity index (χ4v) is 4.93. The summed E-state index contributed by atoms with van der Waals surface area (Å²) in [6, 6.07) is 15.2. The molecule has 0 saturated heterocycles. The van der Waals surface area contributed by atoms with Gasteiger partial charge in [-0.05, 0) is 41.7 Å². The molecule has 0 bridgehead atoms. The summed E-state index contributed by atoms with van der Waals surface area (Å²) in [7, 11) is -3.25. The highest BCUT2D eigenvalue weighted by atomic mass is 79.9. The molecule has 0 aliphatic rings. The number of halogens is 1. The van der Waals surface area contributed by atoms with Crippen LogP contribution < -0.4 is 5.32 Å². The third kappa shape index (κ3) is 5.74. The first-order valence-electron chi connectivity index (χ1n) is 8.98. The predicted molar refractivity (Wildman–Crippen MR) is 121 cm³/mol. The summed E-state index contributed by atoms with van der Waals surface area (Å²) in [5.74, 6) is -0.172. The molecule has 29 heavy (non-hydrogen) atoms. The lowest BCUT2D eigenvalue weighted by Gasteiger charge is -2.05. The second-order valence-corrected chi connectivity index (χ2v) is 10.3. The number of nitrogens with zero attached hydrogens (tertiary/aromatic N) is 1. The Morgan fingerprint density at radius 3 is 2.21 bits per heavy atom. The van der Waals surface area contributed by atoms with Crippen molar-refractivity contribution in [3.8, 4) is 10.4 Å². The Labute approximate surface area is 183 Å². The number of nitrogens with one attached hydrogen (secondary N) is 1. The Morgan fingerprint density at radius 2 is 1.66 bits per heavy atom. The summed E-state index contributed by atoms with van der Waals surface area (Å²) < 4.78 is 23.4. The number of hydrogen-bond acceptors (Lipinski definition) is 5. The number of sulfone groups is 1. The first-order chi connectivity index (χ1) is 13.8. The van der Waals surface area contributed by atoms with Crippen LogP contribution in [-0.2, 0) is 32.8 Å². The molecule has 1 amide bonds. The number of anilines is 1. The maximum absolute atomic E-state index is 11.7. The van der Waals surface area contributed by atoms with E-state index in [9.17, 15) is 13.2 Å². The number of aryl methyl sites for hydroxylation is 2. The SMILES string of the molecule is CC(=O)Nc1nc(CCc2ccc(CBr)cc2)c(-c2ccc(S(C)(=O)=O)cc2)s1. The minimum atomic E-state index is -3.25. The predicted octanol–water partition coefficient (Wildman–Crippen LogP) is 4.85. The van der Waals surface area contributed by atoms with E-state index >= 15 is 0 Å². The van der Waals surface area contributed by atoms with Crippen LogP contribution >= 0.6 is 27.3 Å². The highest BCUT2D eigenvalue weighted by Crippen LogP contribution is 2.34. The minimum absolute atomic E-state index is 0.172. The standard InChI is InChI=1S/C21H21BrN2O3S2/c1-14(25)23-21-24-19(12-7-15-3-5-16(13-22)6-4-15)20(28-21)17-8-10-18(11-9-17)29(2,26)27/h3-6,8-11H,7,12-13H2,1-2H3,(H,23,24,25). The minimum Gasteiger partial charge on any atom is -0.302 e. The lowest BCUT2D eigenvalue weighted by Crippen LogP contribution is -2.05. The Bertz CT molecular complexity index is 1110. The molecule has 1 heterocycles. The maximum Gasteiger partial charge on any atom is 0.223 e. The fourth-order valence-electron chi connectivity index (χ4n) is 2.86. The normalized spacial score (nSPS) is 11.4. The Hall–Kier alpha value is -2.03. The molecule has 0 spiro atoms. The van der Waals surface area contributed by atoms with Crippen LogP contribution in [-0.4, -0.2) is 25.6 Å². The molecule has 0 unspecified atom stereocenters.